The fourth-order valence-corrected chi connectivity index (χ4v) is 1.66. The normalized spacial score (nSPS) is 10.9. The summed E-state index contributed by atoms with van der Waals surface area (Å²) in [5.41, 5.74) is 0.868. The SMILES string of the molecule is CNCc1nc(C(C)C)ncc1OCc1ccco1. The van der Waals surface area contributed by atoms with Crippen molar-refractivity contribution < 1.29 is 9.15 Å². The number of hydrogen-bond donors (Lipinski definition) is 1. The Morgan fingerprint density at radius 1 is 1.42 bits per heavy atom. The number of ether oxygens (including phenoxy) is 1. The van der Waals surface area contributed by atoms with Crippen molar-refractivity contribution in [3.63, 3.8) is 0 Å². The lowest BCUT2D eigenvalue weighted by molar-refractivity contribution is 0.264. The third-order valence-corrected chi connectivity index (χ3v) is 2.66. The number of aromatic nitrogens is 2. The maximum Gasteiger partial charge on any atom is 0.161 e. The van der Waals surface area contributed by atoms with Crippen LogP contribution in [0.15, 0.2) is 29.0 Å². The molecule has 0 aliphatic heterocycles. The van der Waals surface area contributed by atoms with E-state index in [1.165, 1.54) is 0 Å². The average Bonchev–Trinajstić information content (AvgIpc) is 2.90. The van der Waals surface area contributed by atoms with Crippen LogP contribution in [0.5, 0.6) is 5.75 Å². The predicted octanol–water partition coefficient (Wildman–Crippen LogP) is 2.49. The molecule has 5 heteroatoms. The van der Waals surface area contributed by atoms with Crippen LogP contribution in [0, 0.1) is 0 Å². The summed E-state index contributed by atoms with van der Waals surface area (Å²) in [6, 6.07) is 3.71. The molecule has 2 aromatic rings. The van der Waals surface area contributed by atoms with Crippen LogP contribution >= 0.6 is 0 Å². The Morgan fingerprint density at radius 3 is 2.89 bits per heavy atom. The monoisotopic (exact) mass is 261 g/mol. The maximum atomic E-state index is 5.71. The first-order valence-corrected chi connectivity index (χ1v) is 6.36. The zero-order valence-corrected chi connectivity index (χ0v) is 11.5. The summed E-state index contributed by atoms with van der Waals surface area (Å²) < 4.78 is 10.9. The molecule has 0 aliphatic carbocycles. The van der Waals surface area contributed by atoms with E-state index in [-0.39, 0.29) is 0 Å². The van der Waals surface area contributed by atoms with Crippen LogP contribution in [0.1, 0.15) is 37.0 Å². The molecule has 0 spiro atoms. The molecular formula is C14H19N3O2. The van der Waals surface area contributed by atoms with E-state index in [0.717, 1.165) is 17.3 Å². The third kappa shape index (κ3) is 3.54. The summed E-state index contributed by atoms with van der Waals surface area (Å²) in [7, 11) is 1.88. The minimum Gasteiger partial charge on any atom is -0.482 e. The molecule has 0 aliphatic rings. The second kappa shape index (κ2) is 6.33. The van der Waals surface area contributed by atoms with Gasteiger partial charge in [0.2, 0.25) is 0 Å². The first kappa shape index (κ1) is 13.5. The topological polar surface area (TPSA) is 60.2 Å². The number of nitrogens with one attached hydrogen (secondary N) is 1. The van der Waals surface area contributed by atoms with Gasteiger partial charge < -0.3 is 14.5 Å². The quantitative estimate of drug-likeness (QED) is 0.865. The average molecular weight is 261 g/mol. The smallest absolute Gasteiger partial charge is 0.161 e. The molecule has 0 radical (unpaired) electrons. The molecule has 1 N–H and O–H groups in total. The van der Waals surface area contributed by atoms with E-state index in [4.69, 9.17) is 9.15 Å². The summed E-state index contributed by atoms with van der Waals surface area (Å²) >= 11 is 0. The van der Waals surface area contributed by atoms with Crippen LogP contribution in [0.3, 0.4) is 0 Å². The first-order valence-electron chi connectivity index (χ1n) is 6.36. The standard InChI is InChI=1S/C14H19N3O2/c1-10(2)14-16-8-13(12(17-14)7-15-3)19-9-11-5-4-6-18-11/h4-6,8,10,15H,7,9H2,1-3H3. The molecule has 5 nitrogen and oxygen atoms in total. The molecule has 2 aromatic heterocycles. The third-order valence-electron chi connectivity index (χ3n) is 2.66. The highest BCUT2D eigenvalue weighted by molar-refractivity contribution is 5.25. The fraction of sp³-hybridized carbons (Fsp3) is 0.429. The van der Waals surface area contributed by atoms with E-state index in [0.29, 0.717) is 24.8 Å². The van der Waals surface area contributed by atoms with Gasteiger partial charge in [0.15, 0.2) is 5.75 Å². The zero-order valence-electron chi connectivity index (χ0n) is 11.5. The van der Waals surface area contributed by atoms with Gasteiger partial charge in [0.25, 0.3) is 0 Å². The van der Waals surface area contributed by atoms with Gasteiger partial charge in [0.1, 0.15) is 18.2 Å². The molecule has 0 amide bonds. The van der Waals surface area contributed by atoms with Crippen LogP contribution < -0.4 is 10.1 Å². The Morgan fingerprint density at radius 2 is 2.26 bits per heavy atom. The Labute approximate surface area is 113 Å². The highest BCUT2D eigenvalue weighted by Crippen LogP contribution is 2.19. The molecule has 0 saturated heterocycles. The molecule has 0 unspecified atom stereocenters. The van der Waals surface area contributed by atoms with Crippen molar-refractivity contribution in [1.82, 2.24) is 15.3 Å². The minimum atomic E-state index is 0.301. The van der Waals surface area contributed by atoms with Gasteiger partial charge in [-0.3, -0.25) is 0 Å². The van der Waals surface area contributed by atoms with Gasteiger partial charge in [-0.1, -0.05) is 13.8 Å². The first-order chi connectivity index (χ1) is 9.20. The summed E-state index contributed by atoms with van der Waals surface area (Å²) in [5.74, 6) is 2.60. The van der Waals surface area contributed by atoms with Gasteiger partial charge in [-0.15, -0.1) is 0 Å². The van der Waals surface area contributed by atoms with E-state index in [1.807, 2.05) is 19.2 Å². The van der Waals surface area contributed by atoms with Crippen molar-refractivity contribution in [1.29, 1.82) is 0 Å². The van der Waals surface area contributed by atoms with Gasteiger partial charge >= 0.3 is 0 Å². The van der Waals surface area contributed by atoms with Crippen molar-refractivity contribution in [2.24, 2.45) is 0 Å². The van der Waals surface area contributed by atoms with Crippen molar-refractivity contribution in [3.05, 3.63) is 41.9 Å². The number of nitrogens with zero attached hydrogens (tertiary/aromatic N) is 2. The lowest BCUT2D eigenvalue weighted by atomic mass is 10.2. The Kier molecular flexibility index (Phi) is 4.52. The number of furan rings is 1. The highest BCUT2D eigenvalue weighted by atomic mass is 16.5. The number of hydrogen-bond acceptors (Lipinski definition) is 5. The summed E-state index contributed by atoms with van der Waals surface area (Å²) in [5, 5.41) is 3.09. The lowest BCUT2D eigenvalue weighted by Crippen LogP contribution is -2.12. The Hall–Kier alpha value is -1.88. The Bertz CT molecular complexity index is 509. The highest BCUT2D eigenvalue weighted by Gasteiger charge is 2.10. The molecule has 19 heavy (non-hydrogen) atoms. The predicted molar refractivity (Wildman–Crippen MR) is 71.9 cm³/mol. The zero-order chi connectivity index (χ0) is 13.7. The van der Waals surface area contributed by atoms with E-state index < -0.39 is 0 Å². The molecule has 0 fully saturated rings. The van der Waals surface area contributed by atoms with Crippen LogP contribution in [0.4, 0.5) is 0 Å². The molecular weight excluding hydrogens is 242 g/mol. The molecule has 102 valence electrons. The van der Waals surface area contributed by atoms with Gasteiger partial charge in [0.05, 0.1) is 18.2 Å². The van der Waals surface area contributed by atoms with Gasteiger partial charge in [-0.25, -0.2) is 9.97 Å². The van der Waals surface area contributed by atoms with Crippen molar-refractivity contribution in [2.75, 3.05) is 7.05 Å². The van der Waals surface area contributed by atoms with Crippen molar-refractivity contribution in [3.8, 4) is 5.75 Å². The van der Waals surface area contributed by atoms with E-state index >= 15 is 0 Å². The van der Waals surface area contributed by atoms with Gasteiger partial charge in [-0.2, -0.15) is 0 Å². The van der Waals surface area contributed by atoms with Gasteiger partial charge in [-0.05, 0) is 19.2 Å². The molecule has 0 aromatic carbocycles. The van der Waals surface area contributed by atoms with Crippen LogP contribution in [0.25, 0.3) is 0 Å². The summed E-state index contributed by atoms with van der Waals surface area (Å²) in [6.45, 7) is 5.17. The molecule has 2 rings (SSSR count). The summed E-state index contributed by atoms with van der Waals surface area (Å²) in [6.07, 6.45) is 3.36. The molecule has 0 bridgehead atoms. The lowest BCUT2D eigenvalue weighted by Gasteiger charge is -2.12. The Balaban J connectivity index is 2.14. The maximum absolute atomic E-state index is 5.71. The van der Waals surface area contributed by atoms with Crippen LogP contribution in [-0.4, -0.2) is 17.0 Å². The van der Waals surface area contributed by atoms with Gasteiger partial charge in [0, 0.05) is 12.5 Å². The van der Waals surface area contributed by atoms with Crippen LogP contribution in [-0.2, 0) is 13.2 Å². The van der Waals surface area contributed by atoms with Crippen molar-refractivity contribution >= 4 is 0 Å². The molecule has 2 heterocycles. The second-order valence-corrected chi connectivity index (χ2v) is 4.59. The number of rotatable bonds is 6. The minimum absolute atomic E-state index is 0.301. The van der Waals surface area contributed by atoms with Crippen LogP contribution in [0.2, 0.25) is 0 Å². The largest absolute Gasteiger partial charge is 0.482 e. The summed E-state index contributed by atoms with van der Waals surface area (Å²) in [4.78, 5) is 8.86. The molecule has 0 saturated carbocycles. The van der Waals surface area contributed by atoms with E-state index in [9.17, 15) is 0 Å². The van der Waals surface area contributed by atoms with E-state index in [2.05, 4.69) is 29.1 Å². The van der Waals surface area contributed by atoms with E-state index in [1.54, 1.807) is 12.5 Å². The molecule has 0 atom stereocenters. The van der Waals surface area contributed by atoms with Crippen molar-refractivity contribution in [2.45, 2.75) is 32.9 Å². The second-order valence-electron chi connectivity index (χ2n) is 4.59. The fourth-order valence-electron chi connectivity index (χ4n) is 1.66.